The van der Waals surface area contributed by atoms with Crippen LogP contribution in [0.5, 0.6) is 11.5 Å². The number of hydrogen-bond donors (Lipinski definition) is 0. The number of hydrogen-bond acceptors (Lipinski definition) is 3. The van der Waals surface area contributed by atoms with Crippen LogP contribution in [0.3, 0.4) is 0 Å². The molecule has 1 heterocycles. The normalized spacial score (nSPS) is 11.1. The Morgan fingerprint density at radius 1 is 0.538 bits per heavy atom. The fourth-order valence-corrected chi connectivity index (χ4v) is 5.07. The highest BCUT2D eigenvalue weighted by Gasteiger charge is 2.11. The first-order valence-corrected chi connectivity index (χ1v) is 15.1. The van der Waals surface area contributed by atoms with E-state index in [9.17, 15) is 0 Å². The molecule has 0 bridgehead atoms. The fourth-order valence-electron chi connectivity index (χ4n) is 5.07. The molecule has 0 spiro atoms. The number of unbranched alkanes of at least 4 members (excludes halogenated alkanes) is 9. The van der Waals surface area contributed by atoms with E-state index in [1.54, 1.807) is 0 Å². The second-order valence-electron chi connectivity index (χ2n) is 10.5. The third-order valence-electron chi connectivity index (χ3n) is 7.35. The summed E-state index contributed by atoms with van der Waals surface area (Å²) < 4.78 is 12.5. The molecule has 206 valence electrons. The van der Waals surface area contributed by atoms with Crippen LogP contribution in [0.15, 0.2) is 79.0 Å². The van der Waals surface area contributed by atoms with Gasteiger partial charge in [0.25, 0.3) is 0 Å². The van der Waals surface area contributed by atoms with Crippen LogP contribution in [-0.2, 0) is 0 Å². The van der Waals surface area contributed by atoms with Crippen LogP contribution in [0.1, 0.15) is 84.5 Å². The Balaban J connectivity index is 1.47. The molecule has 1 aromatic heterocycles. The maximum absolute atomic E-state index is 6.34. The lowest BCUT2D eigenvalue weighted by Crippen LogP contribution is -2.03. The van der Waals surface area contributed by atoms with Crippen LogP contribution in [0.25, 0.3) is 33.2 Å². The Bertz CT molecular complexity index is 1280. The van der Waals surface area contributed by atoms with E-state index in [0.717, 1.165) is 59.9 Å². The molecule has 0 fully saturated rings. The van der Waals surface area contributed by atoms with Crippen LogP contribution in [-0.4, -0.2) is 18.2 Å². The summed E-state index contributed by atoms with van der Waals surface area (Å²) >= 11 is 0. The molecular weight excluding hydrogens is 478 g/mol. The molecule has 0 unspecified atom stereocenters. The van der Waals surface area contributed by atoms with Gasteiger partial charge in [-0.05, 0) is 53.6 Å². The molecule has 3 nitrogen and oxygen atoms in total. The minimum Gasteiger partial charge on any atom is -0.490 e. The maximum Gasteiger partial charge on any atom is 0.161 e. The van der Waals surface area contributed by atoms with Crippen molar-refractivity contribution in [2.45, 2.75) is 84.5 Å². The Hall–Kier alpha value is -3.33. The molecule has 0 saturated heterocycles. The molecule has 39 heavy (non-hydrogen) atoms. The van der Waals surface area contributed by atoms with Gasteiger partial charge in [0.15, 0.2) is 11.5 Å². The second kappa shape index (κ2) is 15.9. The van der Waals surface area contributed by atoms with Crippen molar-refractivity contribution in [3.05, 3.63) is 79.0 Å². The van der Waals surface area contributed by atoms with Crippen molar-refractivity contribution in [1.82, 2.24) is 4.98 Å². The van der Waals surface area contributed by atoms with Crippen molar-refractivity contribution in [1.29, 1.82) is 0 Å². The number of benzene rings is 3. The summed E-state index contributed by atoms with van der Waals surface area (Å²) in [5.41, 5.74) is 4.41. The third-order valence-corrected chi connectivity index (χ3v) is 7.35. The lowest BCUT2D eigenvalue weighted by molar-refractivity contribution is 0.259. The Labute approximate surface area is 235 Å². The molecule has 0 aliphatic carbocycles. The number of pyridine rings is 1. The summed E-state index contributed by atoms with van der Waals surface area (Å²) in [6.07, 6.45) is 15.7. The summed E-state index contributed by atoms with van der Waals surface area (Å²) in [4.78, 5) is 4.73. The standard InChI is InChI=1S/C36H45NO2/c1-3-5-7-8-9-10-11-15-26-39-35-28-31(21-22-34(35)38-25-14-6-4-2)30-18-16-19-32(27-30)36-33-20-13-12-17-29(33)23-24-37-36/h12-13,16-24,27-28H,3-11,14-15,25-26H2,1-2H3. The van der Waals surface area contributed by atoms with Gasteiger partial charge in [0.1, 0.15) is 0 Å². The van der Waals surface area contributed by atoms with Crippen molar-refractivity contribution >= 4 is 10.8 Å². The second-order valence-corrected chi connectivity index (χ2v) is 10.5. The molecule has 3 aromatic carbocycles. The molecule has 3 heteroatoms. The predicted molar refractivity (Wildman–Crippen MR) is 166 cm³/mol. The smallest absolute Gasteiger partial charge is 0.161 e. The van der Waals surface area contributed by atoms with Gasteiger partial charge in [-0.1, -0.05) is 120 Å². The van der Waals surface area contributed by atoms with E-state index >= 15 is 0 Å². The van der Waals surface area contributed by atoms with E-state index in [2.05, 4.69) is 86.6 Å². The zero-order chi connectivity index (χ0) is 27.1. The summed E-state index contributed by atoms with van der Waals surface area (Å²) in [6, 6.07) is 25.5. The molecular formula is C36H45NO2. The van der Waals surface area contributed by atoms with Gasteiger partial charge in [0, 0.05) is 17.1 Å². The van der Waals surface area contributed by atoms with E-state index < -0.39 is 0 Å². The van der Waals surface area contributed by atoms with Gasteiger partial charge >= 0.3 is 0 Å². The van der Waals surface area contributed by atoms with Gasteiger partial charge in [-0.3, -0.25) is 4.98 Å². The van der Waals surface area contributed by atoms with Gasteiger partial charge in [-0.2, -0.15) is 0 Å². The van der Waals surface area contributed by atoms with Gasteiger partial charge in [0.05, 0.1) is 18.9 Å². The molecule has 0 radical (unpaired) electrons. The fraction of sp³-hybridized carbons (Fsp3) is 0.417. The number of ether oxygens (including phenoxy) is 2. The average Bonchev–Trinajstić information content (AvgIpc) is 2.98. The van der Waals surface area contributed by atoms with Crippen LogP contribution in [0, 0.1) is 0 Å². The molecule has 0 amide bonds. The molecule has 0 aliphatic rings. The maximum atomic E-state index is 6.34. The SMILES string of the molecule is CCCCCCCCCCOc1cc(-c2cccc(-c3nccc4ccccc34)c2)ccc1OCCCCC. The van der Waals surface area contributed by atoms with E-state index in [4.69, 9.17) is 14.5 Å². The molecule has 4 rings (SSSR count). The lowest BCUT2D eigenvalue weighted by atomic mass is 9.98. The molecule has 0 atom stereocenters. The Morgan fingerprint density at radius 3 is 2.00 bits per heavy atom. The van der Waals surface area contributed by atoms with E-state index in [1.807, 2.05) is 6.20 Å². The molecule has 4 aromatic rings. The van der Waals surface area contributed by atoms with Crippen molar-refractivity contribution in [2.75, 3.05) is 13.2 Å². The van der Waals surface area contributed by atoms with Crippen LogP contribution in [0.2, 0.25) is 0 Å². The molecule has 0 saturated carbocycles. The highest BCUT2D eigenvalue weighted by Crippen LogP contribution is 2.35. The largest absolute Gasteiger partial charge is 0.490 e. The molecule has 0 N–H and O–H groups in total. The van der Waals surface area contributed by atoms with E-state index in [1.165, 1.54) is 68.6 Å². The predicted octanol–water partition coefficient (Wildman–Crippen LogP) is 10.7. The van der Waals surface area contributed by atoms with Crippen LogP contribution in [0.4, 0.5) is 0 Å². The van der Waals surface area contributed by atoms with Gasteiger partial charge in [-0.25, -0.2) is 0 Å². The Morgan fingerprint density at radius 2 is 1.18 bits per heavy atom. The number of fused-ring (bicyclic) bond motifs is 1. The zero-order valence-electron chi connectivity index (χ0n) is 24.0. The van der Waals surface area contributed by atoms with E-state index in [0.29, 0.717) is 0 Å². The number of aromatic nitrogens is 1. The summed E-state index contributed by atoms with van der Waals surface area (Å²) in [5.74, 6) is 1.70. The first-order valence-electron chi connectivity index (χ1n) is 15.1. The van der Waals surface area contributed by atoms with Crippen molar-refractivity contribution in [2.24, 2.45) is 0 Å². The first-order chi connectivity index (χ1) is 19.3. The monoisotopic (exact) mass is 523 g/mol. The minimum atomic E-state index is 0.726. The van der Waals surface area contributed by atoms with Crippen molar-refractivity contribution < 1.29 is 9.47 Å². The van der Waals surface area contributed by atoms with E-state index in [-0.39, 0.29) is 0 Å². The number of nitrogens with zero attached hydrogens (tertiary/aromatic N) is 1. The first kappa shape index (κ1) is 28.7. The van der Waals surface area contributed by atoms with Gasteiger partial charge in [-0.15, -0.1) is 0 Å². The van der Waals surface area contributed by atoms with Crippen LogP contribution < -0.4 is 9.47 Å². The summed E-state index contributed by atoms with van der Waals surface area (Å²) in [5, 5.41) is 2.37. The highest BCUT2D eigenvalue weighted by atomic mass is 16.5. The average molecular weight is 524 g/mol. The quantitative estimate of drug-likeness (QED) is 0.129. The summed E-state index contributed by atoms with van der Waals surface area (Å²) in [7, 11) is 0. The topological polar surface area (TPSA) is 31.4 Å². The van der Waals surface area contributed by atoms with Gasteiger partial charge in [0.2, 0.25) is 0 Å². The zero-order valence-corrected chi connectivity index (χ0v) is 24.0. The lowest BCUT2D eigenvalue weighted by Gasteiger charge is -2.15. The van der Waals surface area contributed by atoms with Gasteiger partial charge < -0.3 is 9.47 Å². The Kier molecular flexibility index (Phi) is 11.7. The van der Waals surface area contributed by atoms with Crippen molar-refractivity contribution in [3.8, 4) is 33.9 Å². The van der Waals surface area contributed by atoms with Crippen LogP contribution >= 0.6 is 0 Å². The number of rotatable bonds is 17. The summed E-state index contributed by atoms with van der Waals surface area (Å²) in [6.45, 7) is 5.94. The molecule has 0 aliphatic heterocycles. The third kappa shape index (κ3) is 8.58. The van der Waals surface area contributed by atoms with Crippen molar-refractivity contribution in [3.63, 3.8) is 0 Å². The highest BCUT2D eigenvalue weighted by molar-refractivity contribution is 5.95. The minimum absolute atomic E-state index is 0.726.